The SMILES string of the molecule is CC(C)c1cnc2c(n1)CC(C(C)C)CC2. The van der Waals surface area contributed by atoms with Crippen LogP contribution in [-0.4, -0.2) is 9.97 Å². The summed E-state index contributed by atoms with van der Waals surface area (Å²) in [6.45, 7) is 8.99. The average molecular weight is 218 g/mol. The molecule has 88 valence electrons. The van der Waals surface area contributed by atoms with Crippen molar-refractivity contribution in [3.05, 3.63) is 23.3 Å². The molecule has 2 nitrogen and oxygen atoms in total. The van der Waals surface area contributed by atoms with Gasteiger partial charge in [0.15, 0.2) is 0 Å². The average Bonchev–Trinajstić information content (AvgIpc) is 2.27. The first-order valence-electron chi connectivity index (χ1n) is 6.42. The van der Waals surface area contributed by atoms with Crippen LogP contribution in [0.5, 0.6) is 0 Å². The predicted octanol–water partition coefficient (Wildman–Crippen LogP) is 3.36. The van der Waals surface area contributed by atoms with Crippen molar-refractivity contribution in [2.75, 3.05) is 0 Å². The van der Waals surface area contributed by atoms with Crippen molar-refractivity contribution in [1.82, 2.24) is 9.97 Å². The molecule has 0 bridgehead atoms. The number of fused-ring (bicyclic) bond motifs is 1. The lowest BCUT2D eigenvalue weighted by Gasteiger charge is -2.26. The molecule has 0 spiro atoms. The van der Waals surface area contributed by atoms with Gasteiger partial charge >= 0.3 is 0 Å². The molecule has 1 heterocycles. The highest BCUT2D eigenvalue weighted by atomic mass is 14.8. The number of aromatic nitrogens is 2. The lowest BCUT2D eigenvalue weighted by molar-refractivity contribution is 0.335. The molecule has 0 aliphatic heterocycles. The van der Waals surface area contributed by atoms with Crippen LogP contribution >= 0.6 is 0 Å². The third-order valence-electron chi connectivity index (χ3n) is 3.69. The van der Waals surface area contributed by atoms with E-state index >= 15 is 0 Å². The molecule has 1 aliphatic carbocycles. The summed E-state index contributed by atoms with van der Waals surface area (Å²) in [6, 6.07) is 0. The lowest BCUT2D eigenvalue weighted by atomic mass is 9.82. The van der Waals surface area contributed by atoms with Gasteiger partial charge in [-0.25, -0.2) is 0 Å². The normalized spacial score (nSPS) is 20.2. The summed E-state index contributed by atoms with van der Waals surface area (Å²) in [5.74, 6) is 2.04. The van der Waals surface area contributed by atoms with Gasteiger partial charge in [0.25, 0.3) is 0 Å². The van der Waals surface area contributed by atoms with Crippen molar-refractivity contribution in [3.63, 3.8) is 0 Å². The Morgan fingerprint density at radius 1 is 1.19 bits per heavy atom. The van der Waals surface area contributed by atoms with E-state index in [1.807, 2.05) is 6.20 Å². The van der Waals surface area contributed by atoms with E-state index in [-0.39, 0.29) is 0 Å². The Bertz CT molecular complexity index is 369. The van der Waals surface area contributed by atoms with Gasteiger partial charge in [-0.3, -0.25) is 9.97 Å². The molecule has 1 aromatic rings. The zero-order chi connectivity index (χ0) is 11.7. The summed E-state index contributed by atoms with van der Waals surface area (Å²) in [5, 5.41) is 0. The minimum Gasteiger partial charge on any atom is -0.257 e. The molecule has 0 fully saturated rings. The Balaban J connectivity index is 2.25. The fraction of sp³-hybridized carbons (Fsp3) is 0.714. The van der Waals surface area contributed by atoms with E-state index in [1.165, 1.54) is 17.8 Å². The minimum atomic E-state index is 0.484. The van der Waals surface area contributed by atoms with Crippen LogP contribution in [0.25, 0.3) is 0 Å². The molecule has 0 saturated carbocycles. The van der Waals surface area contributed by atoms with Crippen LogP contribution in [-0.2, 0) is 12.8 Å². The lowest BCUT2D eigenvalue weighted by Crippen LogP contribution is -2.21. The van der Waals surface area contributed by atoms with Crippen LogP contribution in [0, 0.1) is 11.8 Å². The topological polar surface area (TPSA) is 25.8 Å². The second-order valence-corrected chi connectivity index (χ2v) is 5.59. The molecular formula is C14H22N2. The Morgan fingerprint density at radius 2 is 1.94 bits per heavy atom. The van der Waals surface area contributed by atoms with Crippen LogP contribution in [0.4, 0.5) is 0 Å². The Morgan fingerprint density at radius 3 is 2.56 bits per heavy atom. The van der Waals surface area contributed by atoms with Gasteiger partial charge in [0.1, 0.15) is 0 Å². The maximum Gasteiger partial charge on any atom is 0.0625 e. The molecule has 16 heavy (non-hydrogen) atoms. The maximum absolute atomic E-state index is 4.78. The molecule has 0 radical (unpaired) electrons. The Labute approximate surface area is 98.5 Å². The predicted molar refractivity (Wildman–Crippen MR) is 66.5 cm³/mol. The van der Waals surface area contributed by atoms with E-state index < -0.39 is 0 Å². The van der Waals surface area contributed by atoms with Crippen molar-refractivity contribution in [2.45, 2.75) is 52.9 Å². The van der Waals surface area contributed by atoms with Gasteiger partial charge in [-0.1, -0.05) is 27.7 Å². The number of hydrogen-bond acceptors (Lipinski definition) is 2. The summed E-state index contributed by atoms with van der Waals surface area (Å²) in [6.07, 6.45) is 5.48. The molecule has 1 aliphatic rings. The van der Waals surface area contributed by atoms with Gasteiger partial charge < -0.3 is 0 Å². The van der Waals surface area contributed by atoms with Crippen LogP contribution in [0.2, 0.25) is 0 Å². The van der Waals surface area contributed by atoms with E-state index in [9.17, 15) is 0 Å². The van der Waals surface area contributed by atoms with Crippen LogP contribution in [0.15, 0.2) is 6.20 Å². The highest BCUT2D eigenvalue weighted by molar-refractivity contribution is 5.19. The maximum atomic E-state index is 4.78. The second kappa shape index (κ2) is 4.52. The summed E-state index contributed by atoms with van der Waals surface area (Å²) in [5.41, 5.74) is 3.64. The molecule has 2 heteroatoms. The second-order valence-electron chi connectivity index (χ2n) is 5.59. The fourth-order valence-corrected chi connectivity index (χ4v) is 2.36. The van der Waals surface area contributed by atoms with Gasteiger partial charge in [0, 0.05) is 6.20 Å². The summed E-state index contributed by atoms with van der Waals surface area (Å²) < 4.78 is 0. The molecule has 0 N–H and O–H groups in total. The largest absolute Gasteiger partial charge is 0.257 e. The zero-order valence-corrected chi connectivity index (χ0v) is 10.8. The molecule has 0 aromatic carbocycles. The quantitative estimate of drug-likeness (QED) is 0.760. The van der Waals surface area contributed by atoms with Gasteiger partial charge in [-0.2, -0.15) is 0 Å². The Kier molecular flexibility index (Phi) is 3.27. The summed E-state index contributed by atoms with van der Waals surface area (Å²) in [4.78, 5) is 9.35. The van der Waals surface area contributed by atoms with Crippen molar-refractivity contribution in [3.8, 4) is 0 Å². The van der Waals surface area contributed by atoms with Gasteiger partial charge in [-0.15, -0.1) is 0 Å². The molecule has 1 atom stereocenters. The first kappa shape index (κ1) is 11.6. The van der Waals surface area contributed by atoms with E-state index in [2.05, 4.69) is 32.7 Å². The van der Waals surface area contributed by atoms with E-state index in [0.29, 0.717) is 5.92 Å². The number of aryl methyl sites for hydroxylation is 1. The third kappa shape index (κ3) is 2.26. The first-order valence-corrected chi connectivity index (χ1v) is 6.42. The van der Waals surface area contributed by atoms with Crippen LogP contribution < -0.4 is 0 Å². The number of rotatable bonds is 2. The highest BCUT2D eigenvalue weighted by Gasteiger charge is 2.23. The fourth-order valence-electron chi connectivity index (χ4n) is 2.36. The van der Waals surface area contributed by atoms with Crippen molar-refractivity contribution in [2.24, 2.45) is 11.8 Å². The van der Waals surface area contributed by atoms with Crippen molar-refractivity contribution >= 4 is 0 Å². The van der Waals surface area contributed by atoms with Crippen LogP contribution in [0.1, 0.15) is 57.1 Å². The first-order chi connectivity index (χ1) is 7.58. The molecular weight excluding hydrogens is 196 g/mol. The zero-order valence-electron chi connectivity index (χ0n) is 10.8. The van der Waals surface area contributed by atoms with Crippen molar-refractivity contribution < 1.29 is 0 Å². The molecule has 0 saturated heterocycles. The smallest absolute Gasteiger partial charge is 0.0625 e. The summed E-state index contributed by atoms with van der Waals surface area (Å²) >= 11 is 0. The number of nitrogens with zero attached hydrogens (tertiary/aromatic N) is 2. The third-order valence-corrected chi connectivity index (χ3v) is 3.69. The molecule has 1 aromatic heterocycles. The van der Waals surface area contributed by atoms with E-state index in [0.717, 1.165) is 30.4 Å². The molecule has 0 amide bonds. The van der Waals surface area contributed by atoms with Crippen LogP contribution in [0.3, 0.4) is 0 Å². The van der Waals surface area contributed by atoms with Gasteiger partial charge in [-0.05, 0) is 37.0 Å². The standard InChI is InChI=1S/C14H22N2/c1-9(2)11-5-6-12-13(7-11)16-14(8-15-12)10(3)4/h8-11H,5-7H2,1-4H3. The van der Waals surface area contributed by atoms with Gasteiger partial charge in [0.05, 0.1) is 17.1 Å². The molecule has 1 unspecified atom stereocenters. The minimum absolute atomic E-state index is 0.484. The monoisotopic (exact) mass is 218 g/mol. The van der Waals surface area contributed by atoms with Crippen molar-refractivity contribution in [1.29, 1.82) is 0 Å². The molecule has 2 rings (SSSR count). The van der Waals surface area contributed by atoms with Gasteiger partial charge in [0.2, 0.25) is 0 Å². The number of hydrogen-bond donors (Lipinski definition) is 0. The Hall–Kier alpha value is -0.920. The van der Waals surface area contributed by atoms with E-state index in [1.54, 1.807) is 0 Å². The summed E-state index contributed by atoms with van der Waals surface area (Å²) in [7, 11) is 0. The highest BCUT2D eigenvalue weighted by Crippen LogP contribution is 2.28. The van der Waals surface area contributed by atoms with E-state index in [4.69, 9.17) is 4.98 Å².